The number of hydrogen-bond donors (Lipinski definition) is 1. The van der Waals surface area contributed by atoms with Crippen molar-refractivity contribution in [3.63, 3.8) is 0 Å². The number of pyridine rings is 1. The number of carbonyl (C=O) groups is 1. The summed E-state index contributed by atoms with van der Waals surface area (Å²) in [4.78, 5) is 14.8. The number of nitrogens with zero attached hydrogens (tertiary/aromatic N) is 1. The molecule has 0 saturated heterocycles. The van der Waals surface area contributed by atoms with Gasteiger partial charge in [-0.3, -0.25) is 4.79 Å². The van der Waals surface area contributed by atoms with Crippen molar-refractivity contribution >= 4 is 23.3 Å². The maximum atomic E-state index is 10.8. The number of rotatable bonds is 2. The monoisotopic (exact) mass is 184 g/mol. The maximum absolute atomic E-state index is 10.8. The summed E-state index contributed by atoms with van der Waals surface area (Å²) in [5, 5.41) is 2.54. The van der Waals surface area contributed by atoms with Gasteiger partial charge in [-0.2, -0.15) is 0 Å². The molecule has 0 aromatic carbocycles. The molecule has 0 saturated carbocycles. The Bertz CT molecular complexity index is 271. The third-order valence-electron chi connectivity index (χ3n) is 1.30. The summed E-state index contributed by atoms with van der Waals surface area (Å²) in [5.41, 5.74) is 1.05. The van der Waals surface area contributed by atoms with Crippen molar-refractivity contribution in [1.82, 2.24) is 4.98 Å². The zero-order valence-corrected chi connectivity index (χ0v) is 7.43. The van der Waals surface area contributed by atoms with Gasteiger partial charge in [0.2, 0.25) is 5.91 Å². The largest absolute Gasteiger partial charge is 0.310 e. The molecule has 1 amide bonds. The van der Waals surface area contributed by atoms with Gasteiger partial charge >= 0.3 is 0 Å². The first-order chi connectivity index (χ1) is 5.72. The van der Waals surface area contributed by atoms with E-state index in [-0.39, 0.29) is 11.8 Å². The molecular weight excluding hydrogens is 176 g/mol. The first-order valence-corrected chi connectivity index (χ1v) is 4.04. The zero-order valence-electron chi connectivity index (χ0n) is 6.67. The van der Waals surface area contributed by atoms with Crippen LogP contribution in [0, 0.1) is 6.92 Å². The van der Waals surface area contributed by atoms with Crippen LogP contribution in [0.5, 0.6) is 0 Å². The smallest absolute Gasteiger partial charge is 0.240 e. The van der Waals surface area contributed by atoms with Gasteiger partial charge in [0.15, 0.2) is 0 Å². The SMILES string of the molecule is Cc1ccc(NC(=O)CCl)nc1. The third-order valence-corrected chi connectivity index (χ3v) is 1.54. The highest BCUT2D eigenvalue weighted by Crippen LogP contribution is 2.03. The Balaban J connectivity index is 2.64. The Hall–Kier alpha value is -1.09. The van der Waals surface area contributed by atoms with Crippen molar-refractivity contribution < 1.29 is 4.79 Å². The lowest BCUT2D eigenvalue weighted by atomic mass is 10.3. The van der Waals surface area contributed by atoms with E-state index in [9.17, 15) is 4.79 Å². The lowest BCUT2D eigenvalue weighted by Crippen LogP contribution is -2.13. The molecule has 0 aliphatic carbocycles. The predicted molar refractivity (Wildman–Crippen MR) is 48.3 cm³/mol. The maximum Gasteiger partial charge on any atom is 0.240 e. The normalized spacial score (nSPS) is 9.50. The van der Waals surface area contributed by atoms with E-state index >= 15 is 0 Å². The van der Waals surface area contributed by atoms with Crippen LogP contribution in [0.25, 0.3) is 0 Å². The predicted octanol–water partition coefficient (Wildman–Crippen LogP) is 1.57. The van der Waals surface area contributed by atoms with Crippen LogP contribution < -0.4 is 5.32 Å². The number of amides is 1. The number of halogens is 1. The second-order valence-electron chi connectivity index (χ2n) is 2.40. The van der Waals surface area contributed by atoms with E-state index in [0.717, 1.165) is 5.56 Å². The van der Waals surface area contributed by atoms with Crippen LogP contribution >= 0.6 is 11.6 Å². The van der Waals surface area contributed by atoms with Crippen LogP contribution in [-0.2, 0) is 4.79 Å². The number of anilines is 1. The van der Waals surface area contributed by atoms with Crippen molar-refractivity contribution in [2.75, 3.05) is 11.2 Å². The molecule has 12 heavy (non-hydrogen) atoms. The van der Waals surface area contributed by atoms with E-state index < -0.39 is 0 Å². The Morgan fingerprint density at radius 1 is 1.67 bits per heavy atom. The Kier molecular flexibility index (Phi) is 3.05. The average molecular weight is 185 g/mol. The lowest BCUT2D eigenvalue weighted by Gasteiger charge is -2.00. The molecule has 64 valence electrons. The molecule has 0 aliphatic rings. The van der Waals surface area contributed by atoms with Crippen LogP contribution in [0.15, 0.2) is 18.3 Å². The molecule has 1 aromatic rings. The van der Waals surface area contributed by atoms with Gasteiger partial charge in [0.05, 0.1) is 0 Å². The zero-order chi connectivity index (χ0) is 8.97. The number of hydrogen-bond acceptors (Lipinski definition) is 2. The first kappa shape index (κ1) is 9.00. The Morgan fingerprint density at radius 2 is 2.42 bits per heavy atom. The van der Waals surface area contributed by atoms with E-state index in [4.69, 9.17) is 11.6 Å². The van der Waals surface area contributed by atoms with Gasteiger partial charge in [0.1, 0.15) is 11.7 Å². The van der Waals surface area contributed by atoms with Crippen molar-refractivity contribution in [2.24, 2.45) is 0 Å². The summed E-state index contributed by atoms with van der Waals surface area (Å²) in [7, 11) is 0. The molecule has 0 atom stereocenters. The number of aromatic nitrogens is 1. The summed E-state index contributed by atoms with van der Waals surface area (Å²) in [6.45, 7) is 1.93. The topological polar surface area (TPSA) is 42.0 Å². The Morgan fingerprint density at radius 3 is 2.92 bits per heavy atom. The van der Waals surface area contributed by atoms with Gasteiger partial charge in [-0.25, -0.2) is 4.98 Å². The Labute approximate surface area is 75.8 Å². The van der Waals surface area contributed by atoms with Crippen LogP contribution in [0.3, 0.4) is 0 Å². The summed E-state index contributed by atoms with van der Waals surface area (Å²) in [5.74, 6) is 0.245. The standard InChI is InChI=1S/C8H9ClN2O/c1-6-2-3-7(10-5-6)11-8(12)4-9/h2-3,5H,4H2,1H3,(H,10,11,12). The molecule has 0 aliphatic heterocycles. The van der Waals surface area contributed by atoms with E-state index in [0.29, 0.717) is 5.82 Å². The van der Waals surface area contributed by atoms with Crippen molar-refractivity contribution in [3.05, 3.63) is 23.9 Å². The second kappa shape index (κ2) is 4.07. The minimum Gasteiger partial charge on any atom is -0.310 e. The number of alkyl halides is 1. The molecule has 3 nitrogen and oxygen atoms in total. The molecule has 1 N–H and O–H groups in total. The highest BCUT2D eigenvalue weighted by molar-refractivity contribution is 6.28. The van der Waals surface area contributed by atoms with Gasteiger partial charge in [-0.15, -0.1) is 11.6 Å². The molecule has 1 heterocycles. The highest BCUT2D eigenvalue weighted by Gasteiger charge is 1.99. The van der Waals surface area contributed by atoms with E-state index in [1.165, 1.54) is 0 Å². The lowest BCUT2D eigenvalue weighted by molar-refractivity contribution is -0.113. The van der Waals surface area contributed by atoms with Crippen molar-refractivity contribution in [3.8, 4) is 0 Å². The third kappa shape index (κ3) is 2.51. The fourth-order valence-corrected chi connectivity index (χ4v) is 0.785. The van der Waals surface area contributed by atoms with Crippen molar-refractivity contribution in [1.29, 1.82) is 0 Å². The quantitative estimate of drug-likeness (QED) is 0.709. The summed E-state index contributed by atoms with van der Waals surface area (Å²) in [6, 6.07) is 3.61. The van der Waals surface area contributed by atoms with Crippen molar-refractivity contribution in [2.45, 2.75) is 6.92 Å². The summed E-state index contributed by atoms with van der Waals surface area (Å²) < 4.78 is 0. The fourth-order valence-electron chi connectivity index (χ4n) is 0.718. The van der Waals surface area contributed by atoms with E-state index in [2.05, 4.69) is 10.3 Å². The molecule has 0 radical (unpaired) electrons. The molecule has 0 fully saturated rings. The fraction of sp³-hybridized carbons (Fsp3) is 0.250. The van der Waals surface area contributed by atoms with E-state index in [1.54, 1.807) is 12.3 Å². The van der Waals surface area contributed by atoms with Gasteiger partial charge in [-0.05, 0) is 18.6 Å². The minimum atomic E-state index is -0.243. The van der Waals surface area contributed by atoms with Gasteiger partial charge < -0.3 is 5.32 Å². The van der Waals surface area contributed by atoms with Crippen LogP contribution in [-0.4, -0.2) is 16.8 Å². The molecule has 0 spiro atoms. The number of aryl methyl sites for hydroxylation is 1. The molecule has 0 unspecified atom stereocenters. The second-order valence-corrected chi connectivity index (χ2v) is 2.67. The first-order valence-electron chi connectivity index (χ1n) is 3.51. The van der Waals surface area contributed by atoms with Gasteiger partial charge in [0, 0.05) is 6.20 Å². The molecule has 0 bridgehead atoms. The molecule has 1 aromatic heterocycles. The molecule has 4 heteroatoms. The van der Waals surface area contributed by atoms with Crippen LogP contribution in [0.1, 0.15) is 5.56 Å². The van der Waals surface area contributed by atoms with Gasteiger partial charge in [-0.1, -0.05) is 6.07 Å². The minimum absolute atomic E-state index is 0.0461. The molecule has 1 rings (SSSR count). The average Bonchev–Trinajstić information content (AvgIpc) is 2.09. The number of nitrogens with one attached hydrogen (secondary N) is 1. The van der Waals surface area contributed by atoms with Crippen LogP contribution in [0.4, 0.5) is 5.82 Å². The highest BCUT2D eigenvalue weighted by atomic mass is 35.5. The van der Waals surface area contributed by atoms with Gasteiger partial charge in [0.25, 0.3) is 0 Å². The summed E-state index contributed by atoms with van der Waals surface area (Å²) >= 11 is 5.29. The number of carbonyl (C=O) groups excluding carboxylic acids is 1. The summed E-state index contributed by atoms with van der Waals surface area (Å²) in [6.07, 6.45) is 1.68. The molecular formula is C8H9ClN2O. The van der Waals surface area contributed by atoms with E-state index in [1.807, 2.05) is 13.0 Å². The van der Waals surface area contributed by atoms with Crippen LogP contribution in [0.2, 0.25) is 0 Å².